The van der Waals surface area contributed by atoms with Crippen LogP contribution in [0.15, 0.2) is 42.7 Å². The van der Waals surface area contributed by atoms with Crippen molar-refractivity contribution in [2.24, 2.45) is 5.73 Å². The lowest BCUT2D eigenvalue weighted by molar-refractivity contribution is -0.386. The van der Waals surface area contributed by atoms with Gasteiger partial charge in [-0.25, -0.2) is 14.1 Å². The summed E-state index contributed by atoms with van der Waals surface area (Å²) >= 11 is 0.584. The van der Waals surface area contributed by atoms with Gasteiger partial charge >= 0.3 is 11.9 Å². The molecule has 13 nitrogen and oxygen atoms in total. The van der Waals surface area contributed by atoms with E-state index in [-0.39, 0.29) is 37.8 Å². The minimum Gasteiger partial charge on any atom is -0.464 e. The Labute approximate surface area is 248 Å². The standard InChI is InChI=1S/C26H20F4N8O5S/c1-3-37-12(2)15(10-32-37)14-9-19(26(28,29)30)33-25-20(14)21(22(44-25)23(31)39)34-24(40)16-6-7-36(35-16)11-43-18-8-13(27)4-5-17(18)38(41)42/h4-10H,3,11H2,1-2H3,(H2,31,39)(H,34,40). The molecule has 0 saturated heterocycles. The minimum atomic E-state index is -4.82. The molecule has 0 saturated carbocycles. The van der Waals surface area contributed by atoms with Gasteiger partial charge in [0.2, 0.25) is 5.75 Å². The van der Waals surface area contributed by atoms with Crippen molar-refractivity contribution in [3.05, 3.63) is 80.6 Å². The maximum Gasteiger partial charge on any atom is 0.433 e. The Hall–Kier alpha value is -5.39. The highest BCUT2D eigenvalue weighted by molar-refractivity contribution is 7.21. The third kappa shape index (κ3) is 5.65. The Morgan fingerprint density at radius 3 is 2.59 bits per heavy atom. The van der Waals surface area contributed by atoms with Crippen molar-refractivity contribution in [2.45, 2.75) is 33.3 Å². The van der Waals surface area contributed by atoms with Gasteiger partial charge in [-0.15, -0.1) is 11.3 Å². The minimum absolute atomic E-state index is 0.0224. The molecule has 0 unspecified atom stereocenters. The highest BCUT2D eigenvalue weighted by Crippen LogP contribution is 2.44. The number of halogens is 4. The molecule has 5 aromatic rings. The Balaban J connectivity index is 1.52. The van der Waals surface area contributed by atoms with Gasteiger partial charge in [-0.05, 0) is 37.6 Å². The number of aryl methyl sites for hydroxylation is 1. The molecular formula is C26H20F4N8O5S. The summed E-state index contributed by atoms with van der Waals surface area (Å²) in [6.07, 6.45) is -2.14. The molecule has 44 heavy (non-hydrogen) atoms. The lowest BCUT2D eigenvalue weighted by Crippen LogP contribution is -2.18. The van der Waals surface area contributed by atoms with Crippen LogP contribution in [0.4, 0.5) is 28.9 Å². The number of nitrogens with zero attached hydrogens (tertiary/aromatic N) is 6. The van der Waals surface area contributed by atoms with Crippen molar-refractivity contribution in [1.82, 2.24) is 24.5 Å². The van der Waals surface area contributed by atoms with Crippen molar-refractivity contribution in [3.8, 4) is 16.9 Å². The number of nitro benzene ring substituents is 1. The topological polar surface area (TPSA) is 173 Å². The Bertz CT molecular complexity index is 1950. The van der Waals surface area contributed by atoms with E-state index in [1.165, 1.54) is 18.5 Å². The van der Waals surface area contributed by atoms with Gasteiger partial charge in [-0.2, -0.15) is 23.4 Å². The number of rotatable bonds is 9. The highest BCUT2D eigenvalue weighted by Gasteiger charge is 2.35. The maximum atomic E-state index is 13.8. The zero-order valence-electron chi connectivity index (χ0n) is 22.7. The quantitative estimate of drug-likeness (QED) is 0.128. The number of hydrogen-bond donors (Lipinski definition) is 2. The van der Waals surface area contributed by atoms with Gasteiger partial charge in [0.25, 0.3) is 11.8 Å². The number of amides is 2. The number of carbonyl (C=O) groups is 2. The second-order valence-corrected chi connectivity index (χ2v) is 10.2. The Kier molecular flexibility index (Phi) is 7.77. The summed E-state index contributed by atoms with van der Waals surface area (Å²) in [4.78, 5) is 39.4. The van der Waals surface area contributed by atoms with Crippen LogP contribution < -0.4 is 15.8 Å². The number of alkyl halides is 3. The van der Waals surface area contributed by atoms with E-state index in [1.54, 1.807) is 18.5 Å². The first kappa shape index (κ1) is 30.1. The second-order valence-electron chi connectivity index (χ2n) is 9.20. The summed E-state index contributed by atoms with van der Waals surface area (Å²) < 4.78 is 63.1. The van der Waals surface area contributed by atoms with Crippen LogP contribution in [-0.4, -0.2) is 41.3 Å². The molecule has 228 valence electrons. The van der Waals surface area contributed by atoms with Crippen molar-refractivity contribution in [2.75, 3.05) is 5.32 Å². The van der Waals surface area contributed by atoms with Crippen LogP contribution >= 0.6 is 11.3 Å². The molecule has 0 atom stereocenters. The molecule has 0 aliphatic carbocycles. The Morgan fingerprint density at radius 2 is 1.95 bits per heavy atom. The van der Waals surface area contributed by atoms with Crippen LogP contribution in [0.3, 0.4) is 0 Å². The molecule has 0 radical (unpaired) electrons. The van der Waals surface area contributed by atoms with Crippen LogP contribution in [0.1, 0.15) is 38.5 Å². The summed E-state index contributed by atoms with van der Waals surface area (Å²) in [5.74, 6) is -3.02. The Morgan fingerprint density at radius 1 is 1.20 bits per heavy atom. The van der Waals surface area contributed by atoms with Crippen molar-refractivity contribution in [1.29, 1.82) is 0 Å². The summed E-state index contributed by atoms with van der Waals surface area (Å²) in [6, 6.07) is 4.73. The molecule has 0 fully saturated rings. The highest BCUT2D eigenvalue weighted by atomic mass is 32.1. The van der Waals surface area contributed by atoms with Crippen LogP contribution in [0, 0.1) is 22.9 Å². The number of nitrogens with two attached hydrogens (primary N) is 1. The second kappa shape index (κ2) is 11.4. The number of hydrogen-bond acceptors (Lipinski definition) is 9. The maximum absolute atomic E-state index is 13.8. The molecule has 18 heteroatoms. The van der Waals surface area contributed by atoms with Gasteiger partial charge in [0.05, 0.1) is 16.8 Å². The number of anilines is 1. The number of thiophene rings is 1. The van der Waals surface area contributed by atoms with Crippen LogP contribution in [0.5, 0.6) is 5.75 Å². The molecule has 4 aromatic heterocycles. The van der Waals surface area contributed by atoms with Gasteiger partial charge in [0.1, 0.15) is 21.2 Å². The lowest BCUT2D eigenvalue weighted by Gasteiger charge is -2.12. The fourth-order valence-corrected chi connectivity index (χ4v) is 5.41. The lowest BCUT2D eigenvalue weighted by atomic mass is 10.0. The number of carbonyl (C=O) groups excluding carboxylic acids is 2. The number of nitrogens with one attached hydrogen (secondary N) is 1. The summed E-state index contributed by atoms with van der Waals surface area (Å²) in [5, 5.41) is 22.0. The summed E-state index contributed by atoms with van der Waals surface area (Å²) in [6.45, 7) is 3.46. The molecule has 0 spiro atoms. The van der Waals surface area contributed by atoms with Crippen molar-refractivity contribution >= 4 is 44.7 Å². The molecule has 0 bridgehead atoms. The molecule has 0 aliphatic rings. The normalized spacial score (nSPS) is 11.6. The van der Waals surface area contributed by atoms with Gasteiger partial charge in [0, 0.05) is 41.5 Å². The largest absolute Gasteiger partial charge is 0.464 e. The first-order valence-corrected chi connectivity index (χ1v) is 13.4. The molecule has 4 heterocycles. The first-order chi connectivity index (χ1) is 20.8. The van der Waals surface area contributed by atoms with E-state index in [9.17, 15) is 37.3 Å². The van der Waals surface area contributed by atoms with Crippen LogP contribution in [0.25, 0.3) is 21.3 Å². The van der Waals surface area contributed by atoms with Crippen molar-refractivity contribution < 1.29 is 36.8 Å². The number of fused-ring (bicyclic) bond motifs is 1. The zero-order valence-corrected chi connectivity index (χ0v) is 23.5. The van der Waals surface area contributed by atoms with E-state index in [0.29, 0.717) is 29.1 Å². The van der Waals surface area contributed by atoms with Gasteiger partial charge in [-0.3, -0.25) is 24.4 Å². The number of pyridine rings is 1. The molecule has 3 N–H and O–H groups in total. The smallest absolute Gasteiger partial charge is 0.433 e. The molecule has 0 aliphatic heterocycles. The van der Waals surface area contributed by atoms with Crippen LogP contribution in [-0.2, 0) is 19.5 Å². The van der Waals surface area contributed by atoms with E-state index >= 15 is 0 Å². The van der Waals surface area contributed by atoms with E-state index in [1.807, 2.05) is 0 Å². The SMILES string of the molecule is CCn1ncc(-c2cc(C(F)(F)F)nc3sc(C(N)=O)c(NC(=O)c4ccn(COc5cc(F)ccc5[N+](=O)[O-])n4)c23)c1C. The molecule has 2 amide bonds. The molecular weight excluding hydrogens is 612 g/mol. The van der Waals surface area contributed by atoms with E-state index in [2.05, 4.69) is 20.5 Å². The predicted octanol–water partition coefficient (Wildman–Crippen LogP) is 5.14. The summed E-state index contributed by atoms with van der Waals surface area (Å²) in [7, 11) is 0. The summed E-state index contributed by atoms with van der Waals surface area (Å²) in [5.41, 5.74) is 4.35. The first-order valence-electron chi connectivity index (χ1n) is 12.6. The number of primary amides is 1. The number of benzene rings is 1. The van der Waals surface area contributed by atoms with E-state index < -0.39 is 46.8 Å². The monoisotopic (exact) mass is 632 g/mol. The zero-order chi connectivity index (χ0) is 31.9. The number of aromatic nitrogens is 5. The van der Waals surface area contributed by atoms with Gasteiger partial charge in [0.15, 0.2) is 12.4 Å². The fourth-order valence-electron chi connectivity index (χ4n) is 4.40. The fraction of sp³-hybridized carbons (Fsp3) is 0.192. The predicted molar refractivity (Wildman–Crippen MR) is 149 cm³/mol. The molecule has 1 aromatic carbocycles. The van der Waals surface area contributed by atoms with Crippen LogP contribution in [0.2, 0.25) is 0 Å². The van der Waals surface area contributed by atoms with Gasteiger partial charge in [-0.1, -0.05) is 0 Å². The third-order valence-electron chi connectivity index (χ3n) is 6.45. The van der Waals surface area contributed by atoms with Gasteiger partial charge < -0.3 is 15.8 Å². The number of ether oxygens (including phenoxy) is 1. The number of nitro groups is 1. The average molecular weight is 633 g/mol. The van der Waals surface area contributed by atoms with E-state index in [0.717, 1.165) is 28.9 Å². The van der Waals surface area contributed by atoms with Crippen molar-refractivity contribution in [3.63, 3.8) is 0 Å². The van der Waals surface area contributed by atoms with E-state index in [4.69, 9.17) is 10.5 Å². The third-order valence-corrected chi connectivity index (χ3v) is 7.55. The molecule has 5 rings (SSSR count). The average Bonchev–Trinajstić information content (AvgIpc) is 3.68.